The number of ether oxygens (including phenoxy) is 2. The number of para-hydroxylation sites is 1. The maximum atomic E-state index is 12.9. The first-order valence-electron chi connectivity index (χ1n) is 9.47. The Morgan fingerprint density at radius 3 is 2.59 bits per heavy atom. The highest BCUT2D eigenvalue weighted by Crippen LogP contribution is 2.39. The lowest BCUT2D eigenvalue weighted by atomic mass is 9.81. The third kappa shape index (κ3) is 3.80. The SMILES string of the molecule is COc1ccccc1COC[C@H](O)CN1C(=O)N(C)C2(CCCCC2)C1=O. The Bertz CT molecular complexity index is 687. The Balaban J connectivity index is 1.55. The number of hydrogen-bond acceptors (Lipinski definition) is 5. The molecule has 1 spiro atoms. The summed E-state index contributed by atoms with van der Waals surface area (Å²) in [7, 11) is 3.28. The van der Waals surface area contributed by atoms with Crippen molar-refractivity contribution in [1.29, 1.82) is 0 Å². The minimum Gasteiger partial charge on any atom is -0.496 e. The molecule has 1 aliphatic heterocycles. The van der Waals surface area contributed by atoms with Crippen LogP contribution in [0.25, 0.3) is 0 Å². The van der Waals surface area contributed by atoms with Gasteiger partial charge in [0.25, 0.3) is 5.91 Å². The molecular weight excluding hydrogens is 348 g/mol. The van der Waals surface area contributed by atoms with Crippen molar-refractivity contribution < 1.29 is 24.2 Å². The van der Waals surface area contributed by atoms with E-state index >= 15 is 0 Å². The highest BCUT2D eigenvalue weighted by molar-refractivity contribution is 6.07. The molecule has 3 rings (SSSR count). The van der Waals surface area contributed by atoms with Crippen LogP contribution in [0.1, 0.15) is 37.7 Å². The smallest absolute Gasteiger partial charge is 0.327 e. The number of β-amino-alcohol motifs (C(OH)–C–C–N with tert-alkyl or cyclic N) is 1. The van der Waals surface area contributed by atoms with Crippen LogP contribution in [0.15, 0.2) is 24.3 Å². The van der Waals surface area contributed by atoms with Crippen LogP contribution in [0.5, 0.6) is 5.75 Å². The third-order valence-corrected chi connectivity index (χ3v) is 5.64. The summed E-state index contributed by atoms with van der Waals surface area (Å²) in [5.41, 5.74) is 0.161. The summed E-state index contributed by atoms with van der Waals surface area (Å²) in [5, 5.41) is 10.3. The topological polar surface area (TPSA) is 79.3 Å². The zero-order valence-corrected chi connectivity index (χ0v) is 16.0. The molecule has 3 amide bonds. The number of carbonyl (C=O) groups is 2. The average Bonchev–Trinajstić information content (AvgIpc) is 2.85. The summed E-state index contributed by atoms with van der Waals surface area (Å²) in [6.45, 7) is 0.272. The summed E-state index contributed by atoms with van der Waals surface area (Å²) in [4.78, 5) is 28.2. The molecule has 1 aromatic carbocycles. The molecule has 1 saturated heterocycles. The van der Waals surface area contributed by atoms with Crippen molar-refractivity contribution in [2.75, 3.05) is 27.3 Å². The number of amides is 3. The molecule has 1 aliphatic carbocycles. The van der Waals surface area contributed by atoms with Gasteiger partial charge in [-0.1, -0.05) is 37.5 Å². The molecule has 1 atom stereocenters. The van der Waals surface area contributed by atoms with Crippen molar-refractivity contribution in [3.8, 4) is 5.75 Å². The van der Waals surface area contributed by atoms with Crippen LogP contribution in [0.3, 0.4) is 0 Å². The number of hydrogen-bond donors (Lipinski definition) is 1. The van der Waals surface area contributed by atoms with Gasteiger partial charge in [0.15, 0.2) is 0 Å². The van der Waals surface area contributed by atoms with E-state index in [0.717, 1.165) is 30.6 Å². The molecule has 2 aliphatic rings. The van der Waals surface area contributed by atoms with Gasteiger partial charge in [-0.15, -0.1) is 0 Å². The molecule has 1 N–H and O–H groups in total. The number of carbonyl (C=O) groups excluding carboxylic acids is 2. The molecule has 1 aromatic rings. The second-order valence-electron chi connectivity index (χ2n) is 7.33. The van der Waals surface area contributed by atoms with Crippen LogP contribution in [0.4, 0.5) is 4.79 Å². The van der Waals surface area contributed by atoms with Gasteiger partial charge in [-0.2, -0.15) is 0 Å². The number of methoxy groups -OCH3 is 1. The van der Waals surface area contributed by atoms with E-state index in [1.807, 2.05) is 24.3 Å². The fourth-order valence-electron chi connectivity index (χ4n) is 4.08. The zero-order chi connectivity index (χ0) is 19.4. The Kier molecular flexibility index (Phi) is 6.01. The van der Waals surface area contributed by atoms with Gasteiger partial charge in [0.2, 0.25) is 0 Å². The van der Waals surface area contributed by atoms with Gasteiger partial charge in [-0.25, -0.2) is 4.79 Å². The fourth-order valence-corrected chi connectivity index (χ4v) is 4.08. The monoisotopic (exact) mass is 376 g/mol. The molecule has 2 fully saturated rings. The summed E-state index contributed by atoms with van der Waals surface area (Å²) in [6, 6.07) is 7.17. The number of aliphatic hydroxyl groups excluding tert-OH is 1. The Morgan fingerprint density at radius 2 is 1.89 bits per heavy atom. The van der Waals surface area contributed by atoms with Gasteiger partial charge in [0, 0.05) is 12.6 Å². The third-order valence-electron chi connectivity index (χ3n) is 5.64. The quantitative estimate of drug-likeness (QED) is 0.738. The minimum absolute atomic E-state index is 0.0336. The van der Waals surface area contributed by atoms with Crippen LogP contribution >= 0.6 is 0 Å². The van der Waals surface area contributed by atoms with E-state index in [4.69, 9.17) is 9.47 Å². The highest BCUT2D eigenvalue weighted by atomic mass is 16.5. The van der Waals surface area contributed by atoms with E-state index in [-0.39, 0.29) is 31.7 Å². The first kappa shape index (κ1) is 19.6. The summed E-state index contributed by atoms with van der Waals surface area (Å²) in [5.74, 6) is 0.538. The van der Waals surface area contributed by atoms with Gasteiger partial charge in [0.05, 0.1) is 33.0 Å². The maximum absolute atomic E-state index is 12.9. The highest BCUT2D eigenvalue weighted by Gasteiger charge is 2.55. The lowest BCUT2D eigenvalue weighted by Gasteiger charge is -2.35. The van der Waals surface area contributed by atoms with Crippen molar-refractivity contribution in [3.63, 3.8) is 0 Å². The number of nitrogens with zero attached hydrogens (tertiary/aromatic N) is 2. The molecule has 0 aromatic heterocycles. The van der Waals surface area contributed by atoms with E-state index in [2.05, 4.69) is 0 Å². The Labute approximate surface area is 159 Å². The lowest BCUT2D eigenvalue weighted by molar-refractivity contribution is -0.135. The van der Waals surface area contributed by atoms with Gasteiger partial charge < -0.3 is 19.5 Å². The molecule has 27 heavy (non-hydrogen) atoms. The zero-order valence-electron chi connectivity index (χ0n) is 16.0. The number of likely N-dealkylation sites (N-methyl/N-ethyl adjacent to an activating group) is 1. The van der Waals surface area contributed by atoms with Crippen molar-refractivity contribution >= 4 is 11.9 Å². The lowest BCUT2D eigenvalue weighted by Crippen LogP contribution is -2.49. The first-order valence-corrected chi connectivity index (χ1v) is 9.47. The summed E-state index contributed by atoms with van der Waals surface area (Å²) in [6.07, 6.45) is 3.45. The van der Waals surface area contributed by atoms with E-state index in [9.17, 15) is 14.7 Å². The van der Waals surface area contributed by atoms with Crippen molar-refractivity contribution in [2.24, 2.45) is 0 Å². The van der Waals surface area contributed by atoms with Gasteiger partial charge >= 0.3 is 6.03 Å². The average molecular weight is 376 g/mol. The second-order valence-corrected chi connectivity index (χ2v) is 7.33. The van der Waals surface area contributed by atoms with E-state index in [1.54, 1.807) is 19.1 Å². The number of benzene rings is 1. The second kappa shape index (κ2) is 8.27. The number of urea groups is 1. The molecular formula is C20H28N2O5. The molecule has 0 bridgehead atoms. The molecule has 1 heterocycles. The van der Waals surface area contributed by atoms with Crippen LogP contribution in [-0.2, 0) is 16.1 Å². The van der Waals surface area contributed by atoms with Crippen molar-refractivity contribution in [2.45, 2.75) is 50.4 Å². The summed E-state index contributed by atoms with van der Waals surface area (Å²) < 4.78 is 10.8. The molecule has 7 heteroatoms. The maximum Gasteiger partial charge on any atom is 0.327 e. The number of imide groups is 1. The minimum atomic E-state index is -0.931. The molecule has 0 unspecified atom stereocenters. The van der Waals surface area contributed by atoms with E-state index < -0.39 is 11.6 Å². The molecule has 7 nitrogen and oxygen atoms in total. The van der Waals surface area contributed by atoms with Gasteiger partial charge in [-0.05, 0) is 18.9 Å². The van der Waals surface area contributed by atoms with Crippen molar-refractivity contribution in [1.82, 2.24) is 9.80 Å². The van der Waals surface area contributed by atoms with Crippen LogP contribution in [0.2, 0.25) is 0 Å². The number of aliphatic hydroxyl groups is 1. The van der Waals surface area contributed by atoms with E-state index in [1.165, 1.54) is 4.90 Å². The Morgan fingerprint density at radius 1 is 1.19 bits per heavy atom. The first-order chi connectivity index (χ1) is 13.0. The Hall–Kier alpha value is -2.12. The normalized spacial score (nSPS) is 20.4. The van der Waals surface area contributed by atoms with Gasteiger partial charge in [-0.3, -0.25) is 9.69 Å². The van der Waals surface area contributed by atoms with Crippen LogP contribution in [-0.4, -0.2) is 65.8 Å². The van der Waals surface area contributed by atoms with Gasteiger partial charge in [0.1, 0.15) is 11.3 Å². The van der Waals surface area contributed by atoms with Crippen molar-refractivity contribution in [3.05, 3.63) is 29.8 Å². The fraction of sp³-hybridized carbons (Fsp3) is 0.600. The molecule has 0 radical (unpaired) electrons. The number of rotatable bonds is 7. The van der Waals surface area contributed by atoms with Crippen LogP contribution < -0.4 is 4.74 Å². The largest absolute Gasteiger partial charge is 0.496 e. The standard InChI is InChI=1S/C20H28N2O5/c1-21-19(25)22(18(24)20(21)10-6-3-7-11-20)12-16(23)14-27-13-15-8-4-5-9-17(15)26-2/h4-5,8-9,16,23H,3,6-7,10-14H2,1-2H3/t16-/m1/s1. The molecule has 1 saturated carbocycles. The summed E-state index contributed by atoms with van der Waals surface area (Å²) >= 11 is 0. The van der Waals surface area contributed by atoms with Crippen LogP contribution in [0, 0.1) is 0 Å². The molecule has 148 valence electrons. The predicted molar refractivity (Wildman–Crippen MR) is 99.3 cm³/mol. The predicted octanol–water partition coefficient (Wildman–Crippen LogP) is 2.17. The van der Waals surface area contributed by atoms with E-state index in [0.29, 0.717) is 12.8 Å².